The lowest BCUT2D eigenvalue weighted by Crippen LogP contribution is -2.32. The third-order valence-electron chi connectivity index (χ3n) is 4.51. The van der Waals surface area contributed by atoms with Crippen molar-refractivity contribution in [3.05, 3.63) is 41.5 Å². The molecular formula is C17H21IN2O. The first kappa shape index (κ1) is 15.0. The summed E-state index contributed by atoms with van der Waals surface area (Å²) in [6.07, 6.45) is 5.71. The van der Waals surface area contributed by atoms with Crippen LogP contribution in [0.1, 0.15) is 43.4 Å². The molecule has 3 rings (SSSR count). The van der Waals surface area contributed by atoms with Crippen LogP contribution in [0.25, 0.3) is 5.57 Å². The summed E-state index contributed by atoms with van der Waals surface area (Å²) in [4.78, 5) is 13.4. The normalized spacial score (nSPS) is 23.2. The fourth-order valence-electron chi connectivity index (χ4n) is 3.32. The molecule has 0 unspecified atom stereocenters. The van der Waals surface area contributed by atoms with Gasteiger partial charge in [0.2, 0.25) is 5.91 Å². The van der Waals surface area contributed by atoms with E-state index in [1.165, 1.54) is 36.1 Å². The Balaban J connectivity index is 1.88. The molecule has 1 fully saturated rings. The Hall–Kier alpha value is -0.880. The lowest BCUT2D eigenvalue weighted by atomic mass is 9.91. The maximum Gasteiger partial charge on any atom is 0.219 e. The Morgan fingerprint density at radius 1 is 1.29 bits per heavy atom. The molecule has 1 atom stereocenters. The fourth-order valence-corrected chi connectivity index (χ4v) is 4.24. The van der Waals surface area contributed by atoms with Crippen molar-refractivity contribution in [2.45, 2.75) is 32.2 Å². The van der Waals surface area contributed by atoms with Gasteiger partial charge in [0, 0.05) is 55.5 Å². The molecule has 0 saturated carbocycles. The van der Waals surface area contributed by atoms with Gasteiger partial charge < -0.3 is 4.90 Å². The third kappa shape index (κ3) is 3.16. The Morgan fingerprint density at radius 2 is 2.10 bits per heavy atom. The van der Waals surface area contributed by atoms with E-state index in [0.29, 0.717) is 6.04 Å². The van der Waals surface area contributed by atoms with Gasteiger partial charge in [-0.3, -0.25) is 4.79 Å². The highest BCUT2D eigenvalue weighted by atomic mass is 127. The first-order chi connectivity index (χ1) is 10.2. The molecule has 1 amide bonds. The van der Waals surface area contributed by atoms with E-state index in [1.54, 1.807) is 6.92 Å². The Labute approximate surface area is 140 Å². The molecule has 1 aromatic rings. The molecule has 112 valence electrons. The first-order valence-corrected chi connectivity index (χ1v) is 8.59. The van der Waals surface area contributed by atoms with Crippen molar-refractivity contribution >= 4 is 34.3 Å². The molecule has 1 aromatic carbocycles. The second-order valence-electron chi connectivity index (χ2n) is 5.81. The molecule has 3 nitrogen and oxygen atoms in total. The van der Waals surface area contributed by atoms with E-state index in [4.69, 9.17) is 0 Å². The lowest BCUT2D eigenvalue weighted by molar-refractivity contribution is -0.128. The number of hydrogen-bond donors (Lipinski definition) is 0. The molecule has 2 aliphatic rings. The van der Waals surface area contributed by atoms with E-state index in [2.05, 4.69) is 56.3 Å². The minimum absolute atomic E-state index is 0.174. The SMILES string of the molecule is CC(=O)N1CC=C(c2ccccc2[C@H]2CCCN2I)CC1. The van der Waals surface area contributed by atoms with Gasteiger partial charge in [-0.25, -0.2) is 3.11 Å². The Bertz CT molecular complexity index is 570. The van der Waals surface area contributed by atoms with E-state index in [-0.39, 0.29) is 5.91 Å². The van der Waals surface area contributed by atoms with Crippen LogP contribution in [-0.4, -0.2) is 33.6 Å². The van der Waals surface area contributed by atoms with Gasteiger partial charge in [0.25, 0.3) is 0 Å². The predicted molar refractivity (Wildman–Crippen MR) is 94.0 cm³/mol. The maximum absolute atomic E-state index is 11.5. The predicted octanol–water partition coefficient (Wildman–Crippen LogP) is 3.81. The van der Waals surface area contributed by atoms with Crippen LogP contribution >= 0.6 is 22.9 Å². The standard InChI is InChI=1S/C17H21IN2O/c1-13(21)19-11-8-14(9-12-19)15-5-2-3-6-16(15)17-7-4-10-20(17)18/h2-3,5-6,8,17H,4,7,9-12H2,1H3/t17-/m1/s1. The fraction of sp³-hybridized carbons (Fsp3) is 0.471. The molecule has 0 radical (unpaired) electrons. The van der Waals surface area contributed by atoms with Gasteiger partial charge in [-0.05, 0) is 36.0 Å². The molecule has 2 heterocycles. The van der Waals surface area contributed by atoms with Crippen LogP contribution in [0.4, 0.5) is 0 Å². The molecule has 2 aliphatic heterocycles. The Kier molecular flexibility index (Phi) is 4.64. The highest BCUT2D eigenvalue weighted by molar-refractivity contribution is 14.1. The van der Waals surface area contributed by atoms with Crippen LogP contribution in [0.15, 0.2) is 30.3 Å². The van der Waals surface area contributed by atoms with Gasteiger partial charge in [-0.2, -0.15) is 0 Å². The molecule has 21 heavy (non-hydrogen) atoms. The minimum atomic E-state index is 0.174. The molecule has 1 saturated heterocycles. The van der Waals surface area contributed by atoms with Gasteiger partial charge in [-0.1, -0.05) is 30.3 Å². The maximum atomic E-state index is 11.5. The van der Waals surface area contributed by atoms with Gasteiger partial charge in [-0.15, -0.1) is 0 Å². The van der Waals surface area contributed by atoms with Crippen molar-refractivity contribution in [3.8, 4) is 0 Å². The van der Waals surface area contributed by atoms with Gasteiger partial charge in [0.15, 0.2) is 0 Å². The van der Waals surface area contributed by atoms with Crippen LogP contribution in [-0.2, 0) is 4.79 Å². The number of halogens is 1. The van der Waals surface area contributed by atoms with Crippen molar-refractivity contribution in [2.24, 2.45) is 0 Å². The summed E-state index contributed by atoms with van der Waals surface area (Å²) < 4.78 is 2.43. The van der Waals surface area contributed by atoms with Gasteiger partial charge >= 0.3 is 0 Å². The number of nitrogens with zero attached hydrogens (tertiary/aromatic N) is 2. The minimum Gasteiger partial charge on any atom is -0.339 e. The van der Waals surface area contributed by atoms with E-state index < -0.39 is 0 Å². The summed E-state index contributed by atoms with van der Waals surface area (Å²) in [7, 11) is 0. The monoisotopic (exact) mass is 396 g/mol. The van der Waals surface area contributed by atoms with Crippen molar-refractivity contribution in [2.75, 3.05) is 19.6 Å². The molecule has 0 N–H and O–H groups in total. The zero-order valence-corrected chi connectivity index (χ0v) is 14.5. The number of carbonyl (C=O) groups excluding carboxylic acids is 1. The molecule has 0 spiro atoms. The van der Waals surface area contributed by atoms with Crippen LogP contribution in [0.2, 0.25) is 0 Å². The number of rotatable bonds is 2. The molecular weight excluding hydrogens is 375 g/mol. The summed E-state index contributed by atoms with van der Waals surface area (Å²) >= 11 is 2.46. The van der Waals surface area contributed by atoms with Crippen LogP contribution < -0.4 is 0 Å². The lowest BCUT2D eigenvalue weighted by Gasteiger charge is -2.28. The van der Waals surface area contributed by atoms with Crippen LogP contribution in [0.3, 0.4) is 0 Å². The zero-order valence-electron chi connectivity index (χ0n) is 12.4. The summed E-state index contributed by atoms with van der Waals surface area (Å²) in [5, 5.41) is 0. The second kappa shape index (κ2) is 6.48. The molecule has 0 aliphatic carbocycles. The summed E-state index contributed by atoms with van der Waals surface area (Å²) in [5.41, 5.74) is 4.24. The van der Waals surface area contributed by atoms with Crippen LogP contribution in [0.5, 0.6) is 0 Å². The van der Waals surface area contributed by atoms with Gasteiger partial charge in [0.05, 0.1) is 0 Å². The average Bonchev–Trinajstić information content (AvgIpc) is 2.93. The van der Waals surface area contributed by atoms with Crippen molar-refractivity contribution in [1.29, 1.82) is 0 Å². The topological polar surface area (TPSA) is 23.6 Å². The van der Waals surface area contributed by atoms with E-state index in [1.807, 2.05) is 4.90 Å². The largest absolute Gasteiger partial charge is 0.339 e. The average molecular weight is 396 g/mol. The zero-order chi connectivity index (χ0) is 14.8. The number of amides is 1. The summed E-state index contributed by atoms with van der Waals surface area (Å²) in [6.45, 7) is 4.42. The van der Waals surface area contributed by atoms with E-state index in [9.17, 15) is 4.79 Å². The number of benzene rings is 1. The van der Waals surface area contributed by atoms with Crippen molar-refractivity contribution < 1.29 is 4.79 Å². The van der Waals surface area contributed by atoms with E-state index >= 15 is 0 Å². The number of carbonyl (C=O) groups is 1. The summed E-state index contributed by atoms with van der Waals surface area (Å²) in [6, 6.07) is 9.33. The Morgan fingerprint density at radius 3 is 2.71 bits per heavy atom. The number of hydrogen-bond acceptors (Lipinski definition) is 2. The highest BCUT2D eigenvalue weighted by Gasteiger charge is 2.27. The highest BCUT2D eigenvalue weighted by Crippen LogP contribution is 2.39. The molecule has 0 aromatic heterocycles. The quantitative estimate of drug-likeness (QED) is 0.561. The summed E-state index contributed by atoms with van der Waals surface area (Å²) in [5.74, 6) is 0.174. The van der Waals surface area contributed by atoms with Crippen LogP contribution in [0, 0.1) is 0 Å². The smallest absolute Gasteiger partial charge is 0.219 e. The second-order valence-corrected chi connectivity index (χ2v) is 7.05. The van der Waals surface area contributed by atoms with Crippen molar-refractivity contribution in [1.82, 2.24) is 8.01 Å². The molecule has 4 heteroatoms. The van der Waals surface area contributed by atoms with E-state index in [0.717, 1.165) is 19.5 Å². The van der Waals surface area contributed by atoms with Gasteiger partial charge in [0.1, 0.15) is 0 Å². The first-order valence-electron chi connectivity index (χ1n) is 7.63. The molecule has 0 bridgehead atoms. The third-order valence-corrected chi connectivity index (χ3v) is 5.66. The van der Waals surface area contributed by atoms with Crippen molar-refractivity contribution in [3.63, 3.8) is 0 Å².